The Labute approximate surface area is 187 Å². The van der Waals surface area contributed by atoms with E-state index in [4.69, 9.17) is 4.74 Å². The first-order chi connectivity index (χ1) is 15.6. The molecule has 1 aromatic heterocycles. The number of ether oxygens (including phenoxy) is 1. The molecule has 3 aromatic rings. The minimum atomic E-state index is -0.221. The zero-order valence-corrected chi connectivity index (χ0v) is 18.1. The van der Waals surface area contributed by atoms with E-state index in [1.807, 2.05) is 29.0 Å². The summed E-state index contributed by atoms with van der Waals surface area (Å²) in [6, 6.07) is 15.7. The van der Waals surface area contributed by atoms with E-state index >= 15 is 0 Å². The Balaban J connectivity index is 1.32. The van der Waals surface area contributed by atoms with Gasteiger partial charge in [-0.1, -0.05) is 36.4 Å². The lowest BCUT2D eigenvalue weighted by Gasteiger charge is -2.32. The van der Waals surface area contributed by atoms with Gasteiger partial charge in [0.2, 0.25) is 0 Å². The van der Waals surface area contributed by atoms with Crippen molar-refractivity contribution in [3.8, 4) is 5.75 Å². The van der Waals surface area contributed by atoms with Crippen molar-refractivity contribution >= 4 is 17.8 Å². The number of piperidine rings is 1. The number of halogens is 1. The van der Waals surface area contributed by atoms with E-state index in [0.717, 1.165) is 38.0 Å². The van der Waals surface area contributed by atoms with E-state index < -0.39 is 0 Å². The van der Waals surface area contributed by atoms with Gasteiger partial charge in [0, 0.05) is 25.7 Å². The van der Waals surface area contributed by atoms with Crippen molar-refractivity contribution in [1.29, 1.82) is 0 Å². The number of carbonyl (C=O) groups excluding carboxylic acids is 1. The average molecular weight is 435 g/mol. The first-order valence-electron chi connectivity index (χ1n) is 10.8. The highest BCUT2D eigenvalue weighted by Gasteiger charge is 2.23. The number of rotatable bonds is 7. The highest BCUT2D eigenvalue weighted by atomic mass is 19.1. The molecular formula is C25H27FN4O2. The number of methoxy groups -OCH3 is 1. The number of nitrogens with one attached hydrogen (secondary N) is 1. The van der Waals surface area contributed by atoms with Crippen LogP contribution in [0.3, 0.4) is 0 Å². The number of likely N-dealkylation sites (tertiary alicyclic amines) is 1. The normalized spacial score (nSPS) is 15.2. The average Bonchev–Trinajstić information content (AvgIpc) is 3.28. The van der Waals surface area contributed by atoms with Crippen molar-refractivity contribution in [3.05, 3.63) is 83.8 Å². The summed E-state index contributed by atoms with van der Waals surface area (Å²) in [5.74, 6) is 0.794. The van der Waals surface area contributed by atoms with Crippen LogP contribution in [-0.2, 0) is 0 Å². The van der Waals surface area contributed by atoms with E-state index in [9.17, 15) is 9.18 Å². The zero-order chi connectivity index (χ0) is 22.3. The van der Waals surface area contributed by atoms with Crippen LogP contribution in [0.15, 0.2) is 66.9 Å². The maximum absolute atomic E-state index is 13.0. The minimum Gasteiger partial charge on any atom is -0.496 e. The van der Waals surface area contributed by atoms with Crippen LogP contribution in [0.5, 0.6) is 5.75 Å². The first kappa shape index (κ1) is 21.8. The number of nitrogens with zero attached hydrogens (tertiary/aromatic N) is 3. The Hall–Kier alpha value is -3.45. The molecule has 1 amide bonds. The number of para-hydroxylation sites is 1. The monoisotopic (exact) mass is 434 g/mol. The summed E-state index contributed by atoms with van der Waals surface area (Å²) in [7, 11) is 1.55. The molecule has 0 bridgehead atoms. The molecule has 2 aromatic carbocycles. The number of hydrogen-bond acceptors (Lipinski definition) is 4. The lowest BCUT2D eigenvalue weighted by atomic mass is 10.1. The van der Waals surface area contributed by atoms with Crippen LogP contribution < -0.4 is 10.1 Å². The minimum absolute atomic E-state index is 0.215. The van der Waals surface area contributed by atoms with Crippen molar-refractivity contribution < 1.29 is 13.9 Å². The van der Waals surface area contributed by atoms with Gasteiger partial charge in [0.05, 0.1) is 24.9 Å². The van der Waals surface area contributed by atoms with Gasteiger partial charge in [0.25, 0.3) is 5.91 Å². The van der Waals surface area contributed by atoms with Gasteiger partial charge in [-0.3, -0.25) is 9.69 Å². The van der Waals surface area contributed by atoms with Gasteiger partial charge >= 0.3 is 0 Å². The second kappa shape index (κ2) is 10.2. The Morgan fingerprint density at radius 3 is 2.66 bits per heavy atom. The van der Waals surface area contributed by atoms with Crippen LogP contribution >= 0.6 is 0 Å². The van der Waals surface area contributed by atoms with Crippen LogP contribution in [0.1, 0.15) is 34.8 Å². The van der Waals surface area contributed by atoms with Crippen LogP contribution in [0.25, 0.3) is 6.08 Å². The molecule has 1 saturated heterocycles. The van der Waals surface area contributed by atoms with Gasteiger partial charge in [-0.2, -0.15) is 5.10 Å². The van der Waals surface area contributed by atoms with Gasteiger partial charge in [0.15, 0.2) is 0 Å². The van der Waals surface area contributed by atoms with Gasteiger partial charge in [0.1, 0.15) is 17.4 Å². The maximum Gasteiger partial charge on any atom is 0.260 e. The van der Waals surface area contributed by atoms with Crippen molar-refractivity contribution in [2.45, 2.75) is 18.9 Å². The SMILES string of the molecule is COc1ccccc1C(=O)Nc1ccnn1C1CCN(C/C=C/c2ccc(F)cc2)CC1. The summed E-state index contributed by atoms with van der Waals surface area (Å²) < 4.78 is 20.2. The van der Waals surface area contributed by atoms with Gasteiger partial charge in [-0.05, 0) is 42.7 Å². The van der Waals surface area contributed by atoms with E-state index in [0.29, 0.717) is 17.1 Å². The molecular weight excluding hydrogens is 407 g/mol. The third kappa shape index (κ3) is 5.23. The fourth-order valence-corrected chi connectivity index (χ4v) is 3.98. The Kier molecular flexibility index (Phi) is 6.97. The fraction of sp³-hybridized carbons (Fsp3) is 0.280. The second-order valence-electron chi connectivity index (χ2n) is 7.80. The van der Waals surface area contributed by atoms with Gasteiger partial charge in [-0.15, -0.1) is 0 Å². The zero-order valence-electron chi connectivity index (χ0n) is 18.1. The molecule has 1 fully saturated rings. The number of anilines is 1. The molecule has 0 saturated carbocycles. The quantitative estimate of drug-likeness (QED) is 0.589. The Morgan fingerprint density at radius 1 is 1.16 bits per heavy atom. The summed E-state index contributed by atoms with van der Waals surface area (Å²) >= 11 is 0. The van der Waals surface area contributed by atoms with Crippen LogP contribution in [-0.4, -0.2) is 47.3 Å². The molecule has 6 nitrogen and oxygen atoms in total. The highest BCUT2D eigenvalue weighted by Crippen LogP contribution is 2.26. The van der Waals surface area contributed by atoms with Crippen molar-refractivity contribution in [2.24, 2.45) is 0 Å². The number of amides is 1. The summed E-state index contributed by atoms with van der Waals surface area (Å²) in [6.07, 6.45) is 7.74. The molecule has 4 rings (SSSR count). The predicted octanol–water partition coefficient (Wildman–Crippen LogP) is 4.63. The van der Waals surface area contributed by atoms with Crippen molar-refractivity contribution in [2.75, 3.05) is 32.1 Å². The van der Waals surface area contributed by atoms with Crippen LogP contribution in [0.2, 0.25) is 0 Å². The Morgan fingerprint density at radius 2 is 1.91 bits per heavy atom. The topological polar surface area (TPSA) is 59.4 Å². The number of carbonyl (C=O) groups is 1. The predicted molar refractivity (Wildman–Crippen MR) is 123 cm³/mol. The molecule has 1 aliphatic heterocycles. The Bertz CT molecular complexity index is 1070. The van der Waals surface area contributed by atoms with E-state index in [2.05, 4.69) is 21.4 Å². The third-order valence-corrected chi connectivity index (χ3v) is 5.71. The van der Waals surface area contributed by atoms with E-state index in [1.165, 1.54) is 12.1 Å². The van der Waals surface area contributed by atoms with E-state index in [-0.39, 0.29) is 17.8 Å². The first-order valence-corrected chi connectivity index (χ1v) is 10.8. The molecule has 0 spiro atoms. The molecule has 2 heterocycles. The van der Waals surface area contributed by atoms with Crippen LogP contribution in [0, 0.1) is 5.82 Å². The molecule has 32 heavy (non-hydrogen) atoms. The lowest BCUT2D eigenvalue weighted by Crippen LogP contribution is -2.35. The molecule has 1 N–H and O–H groups in total. The summed E-state index contributed by atoms with van der Waals surface area (Å²) in [5.41, 5.74) is 1.48. The largest absolute Gasteiger partial charge is 0.496 e. The molecule has 1 aliphatic rings. The molecule has 0 aliphatic carbocycles. The maximum atomic E-state index is 13.0. The van der Waals surface area contributed by atoms with Gasteiger partial charge in [-0.25, -0.2) is 9.07 Å². The summed E-state index contributed by atoms with van der Waals surface area (Å²) in [5, 5.41) is 7.45. The number of aromatic nitrogens is 2. The smallest absolute Gasteiger partial charge is 0.260 e. The van der Waals surface area contributed by atoms with Crippen LogP contribution in [0.4, 0.5) is 10.2 Å². The summed E-state index contributed by atoms with van der Waals surface area (Å²) in [6.45, 7) is 2.73. The summed E-state index contributed by atoms with van der Waals surface area (Å²) in [4.78, 5) is 15.1. The highest BCUT2D eigenvalue weighted by molar-refractivity contribution is 6.05. The second-order valence-corrected chi connectivity index (χ2v) is 7.80. The molecule has 0 unspecified atom stereocenters. The molecule has 7 heteroatoms. The number of benzene rings is 2. The standard InChI is InChI=1S/C25H27FN4O2/c1-32-23-7-3-2-6-22(23)25(31)28-24-12-15-27-30(24)21-13-17-29(18-14-21)16-4-5-19-8-10-20(26)11-9-19/h2-12,15,21H,13-14,16-18H2,1H3,(H,28,31)/b5-4+. The molecule has 166 valence electrons. The molecule has 0 atom stereocenters. The lowest BCUT2D eigenvalue weighted by molar-refractivity contribution is 0.102. The molecule has 0 radical (unpaired) electrons. The fourth-order valence-electron chi connectivity index (χ4n) is 3.98. The third-order valence-electron chi connectivity index (χ3n) is 5.71. The van der Waals surface area contributed by atoms with Crippen molar-refractivity contribution in [3.63, 3.8) is 0 Å². The number of hydrogen-bond donors (Lipinski definition) is 1. The van der Waals surface area contributed by atoms with Crippen molar-refractivity contribution in [1.82, 2.24) is 14.7 Å². The van der Waals surface area contributed by atoms with E-state index in [1.54, 1.807) is 37.6 Å². The van der Waals surface area contributed by atoms with Gasteiger partial charge < -0.3 is 10.1 Å².